The summed E-state index contributed by atoms with van der Waals surface area (Å²) < 4.78 is 52.0. The molecule has 0 bridgehead atoms. The number of rotatable bonds is 21. The predicted octanol–water partition coefficient (Wildman–Crippen LogP) is 4.57. The first-order valence-electron chi connectivity index (χ1n) is 22.4. The highest BCUT2D eigenvalue weighted by Gasteiger charge is 2.36. The maximum atomic E-state index is 13.3. The highest BCUT2D eigenvalue weighted by Crippen LogP contribution is 2.32. The van der Waals surface area contributed by atoms with Gasteiger partial charge < -0.3 is 57.3 Å². The summed E-state index contributed by atoms with van der Waals surface area (Å²) in [5.74, 6) is 0.685. The van der Waals surface area contributed by atoms with Crippen LogP contribution in [-0.2, 0) is 57.5 Å². The summed E-state index contributed by atoms with van der Waals surface area (Å²) in [5, 5.41) is 9.78. The van der Waals surface area contributed by atoms with Gasteiger partial charge in [-0.1, -0.05) is 30.3 Å². The largest absolute Gasteiger partial charge is 0.462 e. The first kappa shape index (κ1) is 48.1. The molecule has 1 aromatic carbocycles. The molecule has 3 fully saturated rings. The van der Waals surface area contributed by atoms with Crippen molar-refractivity contribution in [2.75, 3.05) is 111 Å². The minimum absolute atomic E-state index is 0.0180. The van der Waals surface area contributed by atoms with Crippen molar-refractivity contribution in [3.63, 3.8) is 0 Å². The van der Waals surface area contributed by atoms with Gasteiger partial charge in [-0.3, -0.25) is 4.90 Å². The fourth-order valence-electron chi connectivity index (χ4n) is 7.98. The molecule has 5 heterocycles. The minimum Gasteiger partial charge on any atom is -0.462 e. The number of nitriles is 1. The van der Waals surface area contributed by atoms with Gasteiger partial charge in [-0.05, 0) is 65.5 Å². The van der Waals surface area contributed by atoms with Crippen molar-refractivity contribution < 1.29 is 52.2 Å². The van der Waals surface area contributed by atoms with E-state index >= 15 is 0 Å². The molecule has 0 N–H and O–H groups in total. The molecule has 6 rings (SSSR count). The molecule has 4 atom stereocenters. The van der Waals surface area contributed by atoms with E-state index in [0.717, 1.165) is 50.0 Å². The van der Waals surface area contributed by atoms with E-state index in [1.165, 1.54) is 0 Å². The second-order valence-electron chi connectivity index (χ2n) is 17.2. The molecule has 18 nitrogen and oxygen atoms in total. The van der Waals surface area contributed by atoms with Crippen molar-refractivity contribution >= 4 is 18.0 Å². The number of likely N-dealkylation sites (N-methyl/N-ethyl adjacent to an activating group) is 1. The van der Waals surface area contributed by atoms with Crippen molar-refractivity contribution in [3.05, 3.63) is 47.2 Å². The standard InChI is InChI=1S/C45H67N7O11/c1-45(2,3)63-43(53)51-16-14-38-39(31-51)47-42(48-41(38)50-17-18-52(35(29-50)13-15-46)44(54)62-32-34-10-6-5-7-11-34)61-33-36-28-37(30-49(36)4)58-26-24-56-22-20-55-21-23-57-25-27-60-40-12-8-9-19-59-40/h5-7,10-11,35-37,40H,8-9,12-14,16-33H2,1-4H3/t35-,36-,37+,40?/m0/s1. The number of likely N-dealkylation sites (tertiary alicyclic amines) is 1. The summed E-state index contributed by atoms with van der Waals surface area (Å²) in [4.78, 5) is 43.9. The number of ether oxygens (including phenoxy) is 9. The van der Waals surface area contributed by atoms with E-state index in [9.17, 15) is 14.9 Å². The number of anilines is 1. The molecule has 0 saturated carbocycles. The lowest BCUT2D eigenvalue weighted by atomic mass is 10.0. The Morgan fingerprint density at radius 2 is 1.60 bits per heavy atom. The lowest BCUT2D eigenvalue weighted by Crippen LogP contribution is -2.56. The van der Waals surface area contributed by atoms with Crippen LogP contribution in [-0.4, -0.2) is 173 Å². The number of carbonyl (C=O) groups excluding carboxylic acids is 2. The number of amides is 2. The second-order valence-corrected chi connectivity index (χ2v) is 17.2. The summed E-state index contributed by atoms with van der Waals surface area (Å²) in [6.07, 6.45) is 3.65. The zero-order chi connectivity index (χ0) is 44.4. The third kappa shape index (κ3) is 15.4. The van der Waals surface area contributed by atoms with Crippen LogP contribution in [0.15, 0.2) is 30.3 Å². The van der Waals surface area contributed by atoms with Gasteiger partial charge in [0, 0.05) is 50.9 Å². The van der Waals surface area contributed by atoms with Gasteiger partial charge in [0.2, 0.25) is 0 Å². The molecule has 0 spiro atoms. The Labute approximate surface area is 371 Å². The summed E-state index contributed by atoms with van der Waals surface area (Å²) >= 11 is 0. The van der Waals surface area contributed by atoms with Gasteiger partial charge in [-0.2, -0.15) is 15.2 Å². The normalized spacial score (nSPS) is 21.8. The van der Waals surface area contributed by atoms with Gasteiger partial charge in [0.25, 0.3) is 0 Å². The molecule has 63 heavy (non-hydrogen) atoms. The Bertz CT molecular complexity index is 1760. The number of piperazine rings is 1. The highest BCUT2D eigenvalue weighted by atomic mass is 16.7. The third-order valence-electron chi connectivity index (χ3n) is 11.3. The Kier molecular flexibility index (Phi) is 18.8. The monoisotopic (exact) mass is 881 g/mol. The summed E-state index contributed by atoms with van der Waals surface area (Å²) in [7, 11) is 2.05. The fourth-order valence-corrected chi connectivity index (χ4v) is 7.98. The molecule has 348 valence electrons. The molecule has 18 heteroatoms. The zero-order valence-electron chi connectivity index (χ0n) is 37.6. The van der Waals surface area contributed by atoms with E-state index < -0.39 is 23.8 Å². The van der Waals surface area contributed by atoms with Crippen LogP contribution in [0, 0.1) is 11.3 Å². The molecular formula is C45H67N7O11. The van der Waals surface area contributed by atoms with E-state index in [4.69, 9.17) is 52.6 Å². The molecule has 4 aliphatic heterocycles. The van der Waals surface area contributed by atoms with E-state index in [-0.39, 0.29) is 44.0 Å². The van der Waals surface area contributed by atoms with E-state index in [1.807, 2.05) is 58.2 Å². The predicted molar refractivity (Wildman–Crippen MR) is 230 cm³/mol. The van der Waals surface area contributed by atoms with Gasteiger partial charge in [0.1, 0.15) is 24.6 Å². The van der Waals surface area contributed by atoms with Crippen LogP contribution in [0.2, 0.25) is 0 Å². The molecular weight excluding hydrogens is 815 g/mol. The lowest BCUT2D eigenvalue weighted by Gasteiger charge is -2.41. The smallest absolute Gasteiger partial charge is 0.410 e. The first-order chi connectivity index (χ1) is 30.6. The number of benzene rings is 1. The van der Waals surface area contributed by atoms with Gasteiger partial charge in [-0.15, -0.1) is 0 Å². The zero-order valence-corrected chi connectivity index (χ0v) is 37.6. The maximum absolute atomic E-state index is 13.3. The molecule has 0 aliphatic carbocycles. The lowest BCUT2D eigenvalue weighted by molar-refractivity contribution is -0.169. The third-order valence-corrected chi connectivity index (χ3v) is 11.3. The van der Waals surface area contributed by atoms with Crippen LogP contribution in [0.25, 0.3) is 0 Å². The Hall–Kier alpha value is -4.35. The molecule has 1 unspecified atom stereocenters. The highest BCUT2D eigenvalue weighted by molar-refractivity contribution is 5.70. The Balaban J connectivity index is 0.969. The van der Waals surface area contributed by atoms with Crippen LogP contribution in [0.1, 0.15) is 69.7 Å². The van der Waals surface area contributed by atoms with E-state index in [1.54, 1.807) is 9.80 Å². The van der Waals surface area contributed by atoms with Crippen LogP contribution in [0.5, 0.6) is 6.01 Å². The van der Waals surface area contributed by atoms with Gasteiger partial charge >= 0.3 is 18.2 Å². The summed E-state index contributed by atoms with van der Waals surface area (Å²) in [5.41, 5.74) is 1.83. The van der Waals surface area contributed by atoms with Crippen molar-refractivity contribution in [3.8, 4) is 12.1 Å². The van der Waals surface area contributed by atoms with Crippen molar-refractivity contribution in [2.45, 2.75) is 103 Å². The van der Waals surface area contributed by atoms with Crippen LogP contribution in [0.4, 0.5) is 15.4 Å². The fraction of sp³-hybridized carbons (Fsp3) is 0.711. The Morgan fingerprint density at radius 1 is 0.873 bits per heavy atom. The summed E-state index contributed by atoms with van der Waals surface area (Å²) in [6.45, 7) is 13.3. The first-order valence-corrected chi connectivity index (χ1v) is 22.4. The van der Waals surface area contributed by atoms with Crippen molar-refractivity contribution in [1.29, 1.82) is 5.26 Å². The molecule has 0 radical (unpaired) electrons. The molecule has 2 aromatic rings. The van der Waals surface area contributed by atoms with Gasteiger partial charge in [-0.25, -0.2) is 9.59 Å². The van der Waals surface area contributed by atoms with Gasteiger partial charge in [0.05, 0.1) is 89.7 Å². The average molecular weight is 882 g/mol. The number of fused-ring (bicyclic) bond motifs is 1. The Morgan fingerprint density at radius 3 is 2.30 bits per heavy atom. The SMILES string of the molecule is CN1C[C@H](OCCOCCOCCOCCOC2CCCCO2)C[C@H]1COc1nc2c(c(N3CCN(C(=O)OCc4ccccc4)[C@@H](CC#N)C3)n1)CCN(C(=O)OC(C)(C)C)C2. The molecule has 1 aromatic heterocycles. The maximum Gasteiger partial charge on any atom is 0.410 e. The van der Waals surface area contributed by atoms with E-state index in [2.05, 4.69) is 15.9 Å². The van der Waals surface area contributed by atoms with Crippen LogP contribution in [0.3, 0.4) is 0 Å². The number of aromatic nitrogens is 2. The van der Waals surface area contributed by atoms with E-state index in [0.29, 0.717) is 104 Å². The quantitative estimate of drug-likeness (QED) is 0.159. The van der Waals surface area contributed by atoms with Gasteiger partial charge in [0.15, 0.2) is 6.29 Å². The average Bonchev–Trinajstić information content (AvgIpc) is 3.64. The number of hydrogen-bond donors (Lipinski definition) is 0. The number of hydrogen-bond acceptors (Lipinski definition) is 16. The number of carbonyl (C=O) groups is 2. The van der Waals surface area contributed by atoms with Crippen LogP contribution < -0.4 is 9.64 Å². The van der Waals surface area contributed by atoms with Crippen LogP contribution >= 0.6 is 0 Å². The van der Waals surface area contributed by atoms with Crippen molar-refractivity contribution in [2.24, 2.45) is 0 Å². The van der Waals surface area contributed by atoms with Crippen molar-refractivity contribution in [1.82, 2.24) is 24.7 Å². The molecule has 2 amide bonds. The topological polar surface area (TPSA) is 180 Å². The molecule has 3 saturated heterocycles. The molecule has 4 aliphatic rings. The number of nitrogens with zero attached hydrogens (tertiary/aromatic N) is 7. The summed E-state index contributed by atoms with van der Waals surface area (Å²) in [6, 6.07) is 11.6. The second kappa shape index (κ2) is 24.6. The minimum atomic E-state index is -0.645.